The minimum atomic E-state index is -0.726. The van der Waals surface area contributed by atoms with Crippen molar-refractivity contribution in [1.29, 1.82) is 0 Å². The molecule has 0 spiro atoms. The fraction of sp³-hybridized carbons (Fsp3) is 0.600. The Morgan fingerprint density at radius 1 is 1.33 bits per heavy atom. The molecule has 0 atom stereocenters. The van der Waals surface area contributed by atoms with Crippen molar-refractivity contribution >= 4 is 11.9 Å². The van der Waals surface area contributed by atoms with Crippen LogP contribution in [-0.4, -0.2) is 24.1 Å². The Kier molecular flexibility index (Phi) is 4.84. The van der Waals surface area contributed by atoms with E-state index >= 15 is 0 Å². The molecule has 0 aromatic carbocycles. The highest BCUT2D eigenvalue weighted by molar-refractivity contribution is 5.95. The zero-order valence-corrected chi connectivity index (χ0v) is 9.49. The van der Waals surface area contributed by atoms with Crippen molar-refractivity contribution in [2.75, 3.05) is 6.61 Å². The van der Waals surface area contributed by atoms with Crippen molar-refractivity contribution < 1.29 is 19.1 Å². The molecule has 2 N–H and O–H groups in total. The van der Waals surface area contributed by atoms with Gasteiger partial charge in [-0.2, -0.15) is 0 Å². The van der Waals surface area contributed by atoms with Crippen molar-refractivity contribution in [3.63, 3.8) is 0 Å². The highest BCUT2D eigenvalue weighted by Gasteiger charge is 2.18. The van der Waals surface area contributed by atoms with E-state index in [9.17, 15) is 9.59 Å². The number of hydrogen-bond acceptors (Lipinski definition) is 5. The van der Waals surface area contributed by atoms with Crippen molar-refractivity contribution in [2.24, 2.45) is 5.73 Å². The highest BCUT2D eigenvalue weighted by Crippen LogP contribution is 2.08. The van der Waals surface area contributed by atoms with E-state index in [1.54, 1.807) is 27.7 Å². The second-order valence-electron chi connectivity index (χ2n) is 3.85. The van der Waals surface area contributed by atoms with E-state index < -0.39 is 17.5 Å². The Morgan fingerprint density at radius 2 is 1.87 bits per heavy atom. The number of esters is 2. The number of hydrogen-bond donors (Lipinski definition) is 1. The topological polar surface area (TPSA) is 78.6 Å². The maximum Gasteiger partial charge on any atom is 0.354 e. The molecule has 0 aromatic rings. The second kappa shape index (κ2) is 5.38. The molecule has 5 nitrogen and oxygen atoms in total. The Hall–Kier alpha value is -1.52. The van der Waals surface area contributed by atoms with Gasteiger partial charge in [-0.1, -0.05) is 0 Å². The van der Waals surface area contributed by atoms with Gasteiger partial charge in [-0.25, -0.2) is 9.59 Å². The highest BCUT2D eigenvalue weighted by atomic mass is 16.6. The van der Waals surface area contributed by atoms with Crippen LogP contribution in [0.2, 0.25) is 0 Å². The Labute approximate surface area is 89.2 Å². The molecule has 0 saturated heterocycles. The molecule has 0 aliphatic carbocycles. The summed E-state index contributed by atoms with van der Waals surface area (Å²) in [5.41, 5.74) is 4.45. The minimum Gasteiger partial charge on any atom is -0.463 e. The van der Waals surface area contributed by atoms with Gasteiger partial charge in [0.25, 0.3) is 0 Å². The van der Waals surface area contributed by atoms with E-state index in [0.717, 1.165) is 6.08 Å². The van der Waals surface area contributed by atoms with Gasteiger partial charge >= 0.3 is 11.9 Å². The molecule has 0 heterocycles. The Morgan fingerprint density at radius 3 is 2.27 bits per heavy atom. The zero-order valence-electron chi connectivity index (χ0n) is 9.49. The van der Waals surface area contributed by atoms with E-state index in [-0.39, 0.29) is 12.3 Å². The second-order valence-corrected chi connectivity index (χ2v) is 3.85. The average Bonchev–Trinajstić information content (AvgIpc) is 2.00. The van der Waals surface area contributed by atoms with Crippen LogP contribution in [0.5, 0.6) is 0 Å². The number of carbonyl (C=O) groups is 2. The standard InChI is InChI=1S/C10H17NO4/c1-5-14-8(12)6-7(11)9(13)15-10(2,3)4/h6H,5,11H2,1-4H3/b7-6+. The summed E-state index contributed by atoms with van der Waals surface area (Å²) < 4.78 is 9.53. The zero-order chi connectivity index (χ0) is 12.1. The maximum atomic E-state index is 11.3. The summed E-state index contributed by atoms with van der Waals surface area (Å²) in [6.45, 7) is 7.03. The van der Waals surface area contributed by atoms with Crippen LogP contribution < -0.4 is 5.73 Å². The summed E-state index contributed by atoms with van der Waals surface area (Å²) in [6.07, 6.45) is 0.914. The lowest BCUT2D eigenvalue weighted by atomic mass is 10.2. The summed E-state index contributed by atoms with van der Waals surface area (Å²) in [5, 5.41) is 0. The van der Waals surface area contributed by atoms with Gasteiger partial charge in [0.15, 0.2) is 0 Å². The molecule has 0 radical (unpaired) electrons. The fourth-order valence-corrected chi connectivity index (χ4v) is 0.707. The van der Waals surface area contributed by atoms with Crippen molar-refractivity contribution in [1.82, 2.24) is 0 Å². The first kappa shape index (κ1) is 13.5. The molecule has 0 saturated carbocycles. The molecule has 5 heteroatoms. The third-order valence-corrected chi connectivity index (χ3v) is 1.19. The lowest BCUT2D eigenvalue weighted by molar-refractivity contribution is -0.150. The van der Waals surface area contributed by atoms with E-state index in [1.165, 1.54) is 0 Å². The molecule has 0 bridgehead atoms. The molecule has 0 aromatic heterocycles. The molecule has 0 rings (SSSR count). The van der Waals surface area contributed by atoms with Gasteiger partial charge in [0.1, 0.15) is 11.3 Å². The number of ether oxygens (including phenoxy) is 2. The van der Waals surface area contributed by atoms with Gasteiger partial charge < -0.3 is 15.2 Å². The van der Waals surface area contributed by atoms with Crippen LogP contribution in [-0.2, 0) is 19.1 Å². The van der Waals surface area contributed by atoms with Crippen LogP contribution in [0, 0.1) is 0 Å². The fourth-order valence-electron chi connectivity index (χ4n) is 0.707. The van der Waals surface area contributed by atoms with E-state index in [1.807, 2.05) is 0 Å². The van der Waals surface area contributed by atoms with Crippen LogP contribution in [0.25, 0.3) is 0 Å². The van der Waals surface area contributed by atoms with Crippen LogP contribution >= 0.6 is 0 Å². The predicted octanol–water partition coefficient (Wildman–Crippen LogP) is 0.734. The van der Waals surface area contributed by atoms with Gasteiger partial charge in [-0.15, -0.1) is 0 Å². The van der Waals surface area contributed by atoms with E-state index in [0.29, 0.717) is 0 Å². The van der Waals surface area contributed by atoms with Gasteiger partial charge in [0.05, 0.1) is 12.7 Å². The first-order chi connectivity index (χ1) is 6.76. The molecule has 0 unspecified atom stereocenters. The summed E-state index contributed by atoms with van der Waals surface area (Å²) in [4.78, 5) is 22.2. The largest absolute Gasteiger partial charge is 0.463 e. The van der Waals surface area contributed by atoms with Gasteiger partial charge in [0, 0.05) is 0 Å². The number of carbonyl (C=O) groups excluding carboxylic acids is 2. The van der Waals surface area contributed by atoms with E-state index in [2.05, 4.69) is 4.74 Å². The molecule has 0 aliphatic rings. The summed E-state index contributed by atoms with van der Waals surface area (Å²) >= 11 is 0. The van der Waals surface area contributed by atoms with Crippen LogP contribution in [0.1, 0.15) is 27.7 Å². The monoisotopic (exact) mass is 215 g/mol. The molecule has 0 fully saturated rings. The van der Waals surface area contributed by atoms with Crippen LogP contribution in [0.15, 0.2) is 11.8 Å². The average molecular weight is 215 g/mol. The van der Waals surface area contributed by atoms with Crippen molar-refractivity contribution in [3.05, 3.63) is 11.8 Å². The first-order valence-corrected chi connectivity index (χ1v) is 4.63. The van der Waals surface area contributed by atoms with Crippen molar-refractivity contribution in [2.45, 2.75) is 33.3 Å². The normalized spacial score (nSPS) is 12.1. The van der Waals surface area contributed by atoms with Gasteiger partial charge in [-0.05, 0) is 27.7 Å². The third-order valence-electron chi connectivity index (χ3n) is 1.19. The summed E-state index contributed by atoms with van der Waals surface area (Å²) in [5.74, 6) is -1.38. The van der Waals surface area contributed by atoms with Gasteiger partial charge in [0.2, 0.25) is 0 Å². The molecule has 86 valence electrons. The Balaban J connectivity index is 4.38. The summed E-state index contributed by atoms with van der Waals surface area (Å²) in [6, 6.07) is 0. The third kappa shape index (κ3) is 6.54. The summed E-state index contributed by atoms with van der Waals surface area (Å²) in [7, 11) is 0. The van der Waals surface area contributed by atoms with Gasteiger partial charge in [-0.3, -0.25) is 0 Å². The lowest BCUT2D eigenvalue weighted by Crippen LogP contribution is -2.27. The molecular weight excluding hydrogens is 198 g/mol. The SMILES string of the molecule is CCOC(=O)/C=C(/N)C(=O)OC(C)(C)C. The predicted molar refractivity (Wildman–Crippen MR) is 54.7 cm³/mol. The maximum absolute atomic E-state index is 11.3. The molecule has 15 heavy (non-hydrogen) atoms. The van der Waals surface area contributed by atoms with E-state index in [4.69, 9.17) is 10.5 Å². The number of rotatable bonds is 3. The van der Waals surface area contributed by atoms with Crippen LogP contribution in [0.4, 0.5) is 0 Å². The molecular formula is C10H17NO4. The quantitative estimate of drug-likeness (QED) is 0.554. The lowest BCUT2D eigenvalue weighted by Gasteiger charge is -2.19. The Bertz CT molecular complexity index is 276. The molecule has 0 amide bonds. The molecule has 0 aliphatic heterocycles. The van der Waals surface area contributed by atoms with Crippen molar-refractivity contribution in [3.8, 4) is 0 Å². The minimum absolute atomic E-state index is 0.233. The number of nitrogens with two attached hydrogens (primary N) is 1. The smallest absolute Gasteiger partial charge is 0.354 e. The first-order valence-electron chi connectivity index (χ1n) is 4.63. The van der Waals surface area contributed by atoms with Crippen LogP contribution in [0.3, 0.4) is 0 Å².